The van der Waals surface area contributed by atoms with E-state index in [2.05, 4.69) is 42.6 Å². The van der Waals surface area contributed by atoms with Gasteiger partial charge in [0.05, 0.1) is 0 Å². The van der Waals surface area contributed by atoms with E-state index in [1.165, 1.54) is 11.4 Å². The van der Waals surface area contributed by atoms with E-state index in [4.69, 9.17) is 0 Å². The van der Waals surface area contributed by atoms with Crippen LogP contribution in [0.3, 0.4) is 0 Å². The molecule has 1 nitrogen and oxygen atoms in total. The first kappa shape index (κ1) is 9.07. The minimum absolute atomic E-state index is 0.932. The molecule has 0 aliphatic carbocycles. The molecule has 1 aromatic rings. The predicted octanol–water partition coefficient (Wildman–Crippen LogP) is 2.53. The summed E-state index contributed by atoms with van der Waals surface area (Å²) in [6.45, 7) is 4.25. The van der Waals surface area contributed by atoms with Gasteiger partial charge in [-0.05, 0) is 37.9 Å². The SMILES string of the molecule is Cc1ccc(C)n1SCCS. The van der Waals surface area contributed by atoms with Crippen molar-refractivity contribution in [2.75, 3.05) is 11.5 Å². The van der Waals surface area contributed by atoms with Crippen LogP contribution in [0.2, 0.25) is 0 Å². The number of hydrogen-bond donors (Lipinski definition) is 1. The highest BCUT2D eigenvalue weighted by atomic mass is 32.2. The van der Waals surface area contributed by atoms with Crippen LogP contribution in [0.4, 0.5) is 0 Å². The molecule has 0 bridgehead atoms. The summed E-state index contributed by atoms with van der Waals surface area (Å²) in [5.41, 5.74) is 2.63. The van der Waals surface area contributed by atoms with Crippen LogP contribution in [0, 0.1) is 13.8 Å². The van der Waals surface area contributed by atoms with E-state index in [1.807, 2.05) is 11.9 Å². The Morgan fingerprint density at radius 3 is 2.36 bits per heavy atom. The number of thiol groups is 1. The van der Waals surface area contributed by atoms with Gasteiger partial charge in [-0.3, -0.25) is 3.97 Å². The highest BCUT2D eigenvalue weighted by Crippen LogP contribution is 2.15. The first-order chi connectivity index (χ1) is 5.25. The molecule has 0 spiro atoms. The van der Waals surface area contributed by atoms with Crippen molar-refractivity contribution in [1.82, 2.24) is 3.97 Å². The second kappa shape index (κ2) is 4.12. The quantitative estimate of drug-likeness (QED) is 0.713. The van der Waals surface area contributed by atoms with Crippen LogP contribution in [0.1, 0.15) is 11.4 Å². The lowest BCUT2D eigenvalue weighted by atomic mass is 10.5. The minimum Gasteiger partial charge on any atom is -0.293 e. The predicted molar refractivity (Wildman–Crippen MR) is 55.6 cm³/mol. The zero-order chi connectivity index (χ0) is 8.27. The molecule has 0 fully saturated rings. The molecule has 0 aliphatic rings. The third kappa shape index (κ3) is 2.20. The molecule has 11 heavy (non-hydrogen) atoms. The van der Waals surface area contributed by atoms with Crippen LogP contribution < -0.4 is 0 Å². The zero-order valence-electron chi connectivity index (χ0n) is 6.87. The minimum atomic E-state index is 0.932. The van der Waals surface area contributed by atoms with Gasteiger partial charge in [-0.2, -0.15) is 12.6 Å². The van der Waals surface area contributed by atoms with Crippen molar-refractivity contribution < 1.29 is 0 Å². The summed E-state index contributed by atoms with van der Waals surface area (Å²) < 4.78 is 2.25. The van der Waals surface area contributed by atoms with Gasteiger partial charge in [-0.25, -0.2) is 0 Å². The Labute approximate surface area is 77.7 Å². The van der Waals surface area contributed by atoms with Gasteiger partial charge < -0.3 is 0 Å². The summed E-state index contributed by atoms with van der Waals surface area (Å²) in [4.78, 5) is 0. The van der Waals surface area contributed by atoms with Crippen molar-refractivity contribution in [1.29, 1.82) is 0 Å². The van der Waals surface area contributed by atoms with Crippen LogP contribution in [-0.4, -0.2) is 15.5 Å². The van der Waals surface area contributed by atoms with Crippen LogP contribution in [0.25, 0.3) is 0 Å². The number of aromatic nitrogens is 1. The molecule has 3 heteroatoms. The lowest BCUT2D eigenvalue weighted by molar-refractivity contribution is 1.10. The van der Waals surface area contributed by atoms with Crippen LogP contribution in [-0.2, 0) is 0 Å². The highest BCUT2D eigenvalue weighted by Gasteiger charge is 1.99. The monoisotopic (exact) mass is 187 g/mol. The average molecular weight is 187 g/mol. The Hall–Kier alpha value is -0.0200. The van der Waals surface area contributed by atoms with Crippen molar-refractivity contribution in [2.45, 2.75) is 13.8 Å². The van der Waals surface area contributed by atoms with Crippen LogP contribution in [0.5, 0.6) is 0 Å². The van der Waals surface area contributed by atoms with Crippen molar-refractivity contribution in [2.24, 2.45) is 0 Å². The second-order valence-corrected chi connectivity index (χ2v) is 3.95. The molecule has 1 aromatic heterocycles. The van der Waals surface area contributed by atoms with Crippen molar-refractivity contribution in [3.63, 3.8) is 0 Å². The molecule has 0 amide bonds. The molecule has 0 radical (unpaired) electrons. The molecular formula is C8H13NS2. The summed E-state index contributed by atoms with van der Waals surface area (Å²) in [5, 5.41) is 0. The largest absolute Gasteiger partial charge is 0.293 e. The number of hydrogen-bond acceptors (Lipinski definition) is 2. The molecule has 0 saturated carbocycles. The van der Waals surface area contributed by atoms with Gasteiger partial charge in [0, 0.05) is 22.9 Å². The zero-order valence-corrected chi connectivity index (χ0v) is 8.58. The van der Waals surface area contributed by atoms with Gasteiger partial charge in [0.25, 0.3) is 0 Å². The Morgan fingerprint density at radius 1 is 1.36 bits per heavy atom. The number of aryl methyl sites for hydroxylation is 2. The van der Waals surface area contributed by atoms with Gasteiger partial charge >= 0.3 is 0 Å². The van der Waals surface area contributed by atoms with E-state index >= 15 is 0 Å². The molecule has 62 valence electrons. The summed E-state index contributed by atoms with van der Waals surface area (Å²) in [6.07, 6.45) is 0. The summed E-state index contributed by atoms with van der Waals surface area (Å²) >= 11 is 5.99. The fourth-order valence-corrected chi connectivity index (χ4v) is 2.03. The summed E-state index contributed by atoms with van der Waals surface area (Å²) in [7, 11) is 0. The first-order valence-electron chi connectivity index (χ1n) is 3.65. The van der Waals surface area contributed by atoms with E-state index in [9.17, 15) is 0 Å². The van der Waals surface area contributed by atoms with Gasteiger partial charge in [0.1, 0.15) is 0 Å². The standard InChI is InChI=1S/C8H13NS2/c1-7-3-4-8(2)9(7)11-6-5-10/h3-4,10H,5-6H2,1-2H3. The maximum Gasteiger partial charge on any atom is 0.0265 e. The molecule has 0 saturated heterocycles. The molecular weight excluding hydrogens is 174 g/mol. The van der Waals surface area contributed by atoms with Crippen LogP contribution >= 0.6 is 24.6 Å². The Morgan fingerprint density at radius 2 is 1.91 bits per heavy atom. The second-order valence-electron chi connectivity index (χ2n) is 2.47. The lowest BCUT2D eigenvalue weighted by Crippen LogP contribution is -1.94. The molecule has 1 rings (SSSR count). The van der Waals surface area contributed by atoms with Gasteiger partial charge in [0.2, 0.25) is 0 Å². The molecule has 0 atom stereocenters. The van der Waals surface area contributed by atoms with Crippen molar-refractivity contribution >= 4 is 24.6 Å². The normalized spacial score (nSPS) is 10.5. The number of rotatable bonds is 3. The molecule has 0 aliphatic heterocycles. The van der Waals surface area contributed by atoms with E-state index in [0.29, 0.717) is 0 Å². The van der Waals surface area contributed by atoms with Gasteiger partial charge in [0.15, 0.2) is 0 Å². The van der Waals surface area contributed by atoms with E-state index < -0.39 is 0 Å². The third-order valence-electron chi connectivity index (χ3n) is 1.52. The van der Waals surface area contributed by atoms with Crippen molar-refractivity contribution in [3.8, 4) is 0 Å². The van der Waals surface area contributed by atoms with E-state index in [1.54, 1.807) is 0 Å². The van der Waals surface area contributed by atoms with E-state index in [0.717, 1.165) is 11.5 Å². The fourth-order valence-electron chi connectivity index (χ4n) is 0.991. The Bertz CT molecular complexity index is 210. The number of nitrogens with zero attached hydrogens (tertiary/aromatic N) is 1. The molecule has 0 aromatic carbocycles. The smallest absolute Gasteiger partial charge is 0.0265 e. The maximum atomic E-state index is 4.17. The van der Waals surface area contributed by atoms with Gasteiger partial charge in [-0.15, -0.1) is 0 Å². The third-order valence-corrected chi connectivity index (χ3v) is 3.27. The Kier molecular flexibility index (Phi) is 3.40. The van der Waals surface area contributed by atoms with Gasteiger partial charge in [-0.1, -0.05) is 0 Å². The lowest BCUT2D eigenvalue weighted by Gasteiger charge is -2.05. The summed E-state index contributed by atoms with van der Waals surface area (Å²) in [6, 6.07) is 4.28. The average Bonchev–Trinajstić information content (AvgIpc) is 2.29. The highest BCUT2D eigenvalue weighted by molar-refractivity contribution is 7.98. The maximum absolute atomic E-state index is 4.17. The van der Waals surface area contributed by atoms with Crippen LogP contribution in [0.15, 0.2) is 12.1 Å². The molecule has 0 N–H and O–H groups in total. The topological polar surface area (TPSA) is 4.93 Å². The molecule has 1 heterocycles. The van der Waals surface area contributed by atoms with E-state index in [-0.39, 0.29) is 0 Å². The molecule has 0 unspecified atom stereocenters. The summed E-state index contributed by atoms with van der Waals surface area (Å²) in [5.74, 6) is 2.00. The Balaban J connectivity index is 2.67. The van der Waals surface area contributed by atoms with Crippen molar-refractivity contribution in [3.05, 3.63) is 23.5 Å². The first-order valence-corrected chi connectivity index (χ1v) is 5.22. The fraction of sp³-hybridized carbons (Fsp3) is 0.500.